The average Bonchev–Trinajstić information content (AvgIpc) is 3.08. The SMILES string of the molecule is Cc1cc(N/N=C2\C(=O)C(S(=O)(=O)O)=Cc3cc(S(=O)(=O)O)ccc32)ccc1-c1ccc(N/N=C2\C(=O)C(S(=O)(=O)O)=Cc3cc(S(=O)(=O)O)ccc32)cc1C. The molecule has 0 aliphatic heterocycles. The van der Waals surface area contributed by atoms with Gasteiger partial charge in [0.25, 0.3) is 40.5 Å². The maximum Gasteiger partial charge on any atom is 0.298 e. The second kappa shape index (κ2) is 14.1. The van der Waals surface area contributed by atoms with E-state index in [1.165, 1.54) is 0 Å². The Kier molecular flexibility index (Phi) is 10.1. The fraction of sp³-hybridized carbons (Fsp3) is 0.0588. The molecule has 22 heteroatoms. The van der Waals surface area contributed by atoms with Gasteiger partial charge in [0.15, 0.2) is 0 Å². The maximum atomic E-state index is 13.1. The number of nitrogens with zero attached hydrogens (tertiary/aromatic N) is 2. The van der Waals surface area contributed by atoms with Gasteiger partial charge < -0.3 is 0 Å². The van der Waals surface area contributed by atoms with Crippen molar-refractivity contribution in [2.24, 2.45) is 10.2 Å². The lowest BCUT2D eigenvalue weighted by Crippen LogP contribution is -2.27. The second-order valence-corrected chi connectivity index (χ2v) is 17.9. The van der Waals surface area contributed by atoms with Crippen molar-refractivity contribution in [3.8, 4) is 11.1 Å². The third-order valence-corrected chi connectivity index (χ3v) is 11.9. The second-order valence-electron chi connectivity index (χ2n) is 12.3. The topological polar surface area (TPSA) is 300 Å². The van der Waals surface area contributed by atoms with Gasteiger partial charge in [0.05, 0.1) is 21.2 Å². The van der Waals surface area contributed by atoms with E-state index in [0.717, 1.165) is 59.7 Å². The summed E-state index contributed by atoms with van der Waals surface area (Å²) in [7, 11) is -19.5. The Balaban J connectivity index is 1.27. The van der Waals surface area contributed by atoms with Gasteiger partial charge in [0.2, 0.25) is 11.6 Å². The molecule has 4 aromatic carbocycles. The van der Waals surface area contributed by atoms with Gasteiger partial charge >= 0.3 is 0 Å². The van der Waals surface area contributed by atoms with E-state index >= 15 is 0 Å². The highest BCUT2D eigenvalue weighted by Crippen LogP contribution is 2.33. The molecule has 0 amide bonds. The quantitative estimate of drug-likeness (QED) is 0.103. The number of benzene rings is 4. The third-order valence-electron chi connectivity index (χ3n) is 8.50. The molecule has 0 atom stereocenters. The van der Waals surface area contributed by atoms with Crippen molar-refractivity contribution < 1.29 is 61.5 Å². The predicted octanol–water partition coefficient (Wildman–Crippen LogP) is 3.72. The summed E-state index contributed by atoms with van der Waals surface area (Å²) in [5, 5.41) is 8.14. The van der Waals surface area contributed by atoms with Gasteiger partial charge in [0, 0.05) is 11.1 Å². The molecule has 0 unspecified atom stereocenters. The number of anilines is 2. The number of Topliss-reactive ketones (excluding diaryl/α,β-unsaturated/α-hetero) is 2. The fourth-order valence-corrected chi connectivity index (χ4v) is 8.13. The Bertz CT molecular complexity index is 2820. The Morgan fingerprint density at radius 2 is 0.804 bits per heavy atom. The van der Waals surface area contributed by atoms with Crippen molar-refractivity contribution in [3.05, 3.63) is 116 Å². The van der Waals surface area contributed by atoms with E-state index in [1.54, 1.807) is 50.2 Å². The van der Waals surface area contributed by atoms with Crippen LogP contribution in [0.4, 0.5) is 11.4 Å². The molecule has 6 rings (SSSR count). The summed E-state index contributed by atoms with van der Waals surface area (Å²) < 4.78 is 133. The summed E-state index contributed by atoms with van der Waals surface area (Å²) in [6.45, 7) is 3.53. The first-order valence-corrected chi connectivity index (χ1v) is 21.3. The van der Waals surface area contributed by atoms with E-state index in [-0.39, 0.29) is 22.3 Å². The van der Waals surface area contributed by atoms with Gasteiger partial charge in [-0.3, -0.25) is 38.7 Å². The van der Waals surface area contributed by atoms with Gasteiger partial charge in [-0.25, -0.2) is 0 Å². The summed E-state index contributed by atoms with van der Waals surface area (Å²) in [6, 6.07) is 16.1. The van der Waals surface area contributed by atoms with Crippen molar-refractivity contribution >= 4 is 87.0 Å². The lowest BCUT2D eigenvalue weighted by molar-refractivity contribution is -0.110. The number of nitrogens with one attached hydrogen (secondary N) is 2. The van der Waals surface area contributed by atoms with Crippen LogP contribution in [-0.2, 0) is 50.1 Å². The van der Waals surface area contributed by atoms with Crippen LogP contribution in [0.15, 0.2) is 103 Å². The first-order chi connectivity index (χ1) is 25.9. The first kappa shape index (κ1) is 40.0. The first-order valence-electron chi connectivity index (χ1n) is 15.5. The minimum Gasteiger partial charge on any atom is -0.286 e. The molecular weight excluding hydrogens is 817 g/mol. The van der Waals surface area contributed by atoms with Gasteiger partial charge in [-0.15, -0.1) is 0 Å². The normalized spacial score (nSPS) is 16.2. The molecule has 0 aromatic heterocycles. The van der Waals surface area contributed by atoms with Gasteiger partial charge in [-0.2, -0.15) is 43.9 Å². The number of hydrogen-bond acceptors (Lipinski definition) is 14. The lowest BCUT2D eigenvalue weighted by atomic mass is 9.94. The van der Waals surface area contributed by atoms with Gasteiger partial charge in [0.1, 0.15) is 21.2 Å². The Morgan fingerprint density at radius 3 is 1.11 bits per heavy atom. The summed E-state index contributed by atoms with van der Waals surface area (Å²) in [4.78, 5) is 22.9. The smallest absolute Gasteiger partial charge is 0.286 e. The zero-order chi connectivity index (χ0) is 41.1. The highest BCUT2D eigenvalue weighted by molar-refractivity contribution is 7.91. The molecular formula is C34H26N4O14S4. The molecule has 0 saturated heterocycles. The van der Waals surface area contributed by atoms with E-state index in [1.807, 2.05) is 0 Å². The van der Waals surface area contributed by atoms with Crippen molar-refractivity contribution in [1.82, 2.24) is 0 Å². The van der Waals surface area contributed by atoms with Crippen LogP contribution < -0.4 is 10.9 Å². The van der Waals surface area contributed by atoms with E-state index < -0.39 is 83.1 Å². The molecule has 18 nitrogen and oxygen atoms in total. The fourth-order valence-electron chi connectivity index (χ4n) is 5.88. The van der Waals surface area contributed by atoms with Crippen LogP contribution in [-0.4, -0.2) is 74.9 Å². The summed E-state index contributed by atoms with van der Waals surface area (Å²) in [6.07, 6.45) is 1.54. The van der Waals surface area contributed by atoms with Crippen molar-refractivity contribution in [3.63, 3.8) is 0 Å². The monoisotopic (exact) mass is 842 g/mol. The number of hydrazone groups is 2. The number of carbonyl (C=O) groups excluding carboxylic acids is 2. The Hall–Kier alpha value is -5.72. The molecule has 6 N–H and O–H groups in total. The van der Waals surface area contributed by atoms with Crippen molar-refractivity contribution in [2.75, 3.05) is 10.9 Å². The number of fused-ring (bicyclic) bond motifs is 2. The van der Waals surface area contributed by atoms with Crippen LogP contribution in [0.5, 0.6) is 0 Å². The van der Waals surface area contributed by atoms with Crippen LogP contribution in [0.3, 0.4) is 0 Å². The summed E-state index contributed by atoms with van der Waals surface area (Å²) in [5.41, 5.74) is 7.76. The summed E-state index contributed by atoms with van der Waals surface area (Å²) >= 11 is 0. The molecule has 0 heterocycles. The molecule has 2 aliphatic carbocycles. The van der Waals surface area contributed by atoms with Crippen molar-refractivity contribution in [2.45, 2.75) is 23.6 Å². The molecule has 0 spiro atoms. The molecule has 56 heavy (non-hydrogen) atoms. The minimum absolute atomic E-state index is 0.0174. The van der Waals surface area contributed by atoms with Crippen LogP contribution in [0, 0.1) is 13.8 Å². The standard InChI is InChI=1S/C34H26N4O14S4/c1-17-11-21(35-37-31-27-9-5-23(53(41,42)43)13-19(27)15-29(33(31)39)55(47,48)49)3-7-25(17)26-8-4-22(12-18(26)2)36-38-32-28-10-6-24(54(44,45)46)14-20(28)16-30(34(32)40)56(50,51)52/h3-16,35-36H,1-2H3,(H,41,42,43)(H,44,45,46)(H,47,48,49)(H,50,51,52)/b37-31-,38-32-. The Morgan fingerprint density at radius 1 is 0.464 bits per heavy atom. The molecule has 4 aromatic rings. The molecule has 0 saturated carbocycles. The van der Waals surface area contributed by atoms with Crippen LogP contribution in [0.2, 0.25) is 0 Å². The predicted molar refractivity (Wildman–Crippen MR) is 203 cm³/mol. The largest absolute Gasteiger partial charge is 0.298 e. The number of carbonyl (C=O) groups is 2. The molecule has 0 fully saturated rings. The third kappa shape index (κ3) is 7.98. The van der Waals surface area contributed by atoms with E-state index in [0.29, 0.717) is 22.5 Å². The zero-order valence-corrected chi connectivity index (χ0v) is 31.7. The number of hydrogen-bond donors (Lipinski definition) is 6. The van der Waals surface area contributed by atoms with Crippen LogP contribution in [0.1, 0.15) is 33.4 Å². The Labute approximate surface area is 319 Å². The molecule has 290 valence electrons. The van der Waals surface area contributed by atoms with E-state index in [9.17, 15) is 61.5 Å². The zero-order valence-electron chi connectivity index (χ0n) is 28.5. The average molecular weight is 843 g/mol. The molecule has 0 bridgehead atoms. The van der Waals surface area contributed by atoms with E-state index in [2.05, 4.69) is 21.1 Å². The number of aryl methyl sites for hydroxylation is 2. The van der Waals surface area contributed by atoms with Gasteiger partial charge in [-0.05, 0) is 108 Å². The molecule has 2 aliphatic rings. The number of ketones is 2. The van der Waals surface area contributed by atoms with Crippen molar-refractivity contribution in [1.29, 1.82) is 0 Å². The van der Waals surface area contributed by atoms with Crippen LogP contribution in [0.25, 0.3) is 23.3 Å². The highest BCUT2D eigenvalue weighted by atomic mass is 32.2. The highest BCUT2D eigenvalue weighted by Gasteiger charge is 2.35. The lowest BCUT2D eigenvalue weighted by Gasteiger charge is -2.17. The minimum atomic E-state index is -5.06. The van der Waals surface area contributed by atoms with Gasteiger partial charge in [-0.1, -0.05) is 24.3 Å². The number of allylic oxidation sites excluding steroid dienone is 2. The summed E-state index contributed by atoms with van der Waals surface area (Å²) in [5.74, 6) is -2.35. The number of rotatable bonds is 9. The maximum absolute atomic E-state index is 13.1. The van der Waals surface area contributed by atoms with E-state index in [4.69, 9.17) is 0 Å². The molecule has 0 radical (unpaired) electrons. The van der Waals surface area contributed by atoms with Crippen LogP contribution >= 0.6 is 0 Å².